The first-order valence-corrected chi connectivity index (χ1v) is 6.43. The van der Waals surface area contributed by atoms with E-state index >= 15 is 0 Å². The van der Waals surface area contributed by atoms with Crippen molar-refractivity contribution in [2.75, 3.05) is 25.2 Å². The standard InChI is InChI=1S/C10H12N2O4S/c1-16-10(13)6-12-7-11-17(14,15)9-5-3-2-4-8(9)12/h2-5,11H,6-7H2,1H3. The van der Waals surface area contributed by atoms with Crippen molar-refractivity contribution in [3.8, 4) is 0 Å². The maximum atomic E-state index is 11.7. The number of benzene rings is 1. The van der Waals surface area contributed by atoms with E-state index in [4.69, 9.17) is 0 Å². The first kappa shape index (κ1) is 11.9. The fourth-order valence-corrected chi connectivity index (χ4v) is 2.84. The van der Waals surface area contributed by atoms with Crippen molar-refractivity contribution in [1.82, 2.24) is 4.72 Å². The average Bonchev–Trinajstić information content (AvgIpc) is 2.33. The molecule has 0 saturated heterocycles. The molecule has 1 aromatic rings. The molecular weight excluding hydrogens is 244 g/mol. The highest BCUT2D eigenvalue weighted by atomic mass is 32.2. The molecule has 1 aliphatic rings. The smallest absolute Gasteiger partial charge is 0.325 e. The van der Waals surface area contributed by atoms with Crippen LogP contribution in [-0.2, 0) is 19.6 Å². The molecule has 0 atom stereocenters. The number of hydrogen-bond acceptors (Lipinski definition) is 5. The summed E-state index contributed by atoms with van der Waals surface area (Å²) < 4.78 is 30.4. The number of para-hydroxylation sites is 1. The lowest BCUT2D eigenvalue weighted by atomic mass is 10.3. The first-order chi connectivity index (χ1) is 8.04. The maximum Gasteiger partial charge on any atom is 0.325 e. The van der Waals surface area contributed by atoms with Crippen molar-refractivity contribution in [3.05, 3.63) is 24.3 Å². The predicted molar refractivity (Wildman–Crippen MR) is 61.0 cm³/mol. The number of fused-ring (bicyclic) bond motifs is 1. The molecule has 0 radical (unpaired) electrons. The number of nitrogens with one attached hydrogen (secondary N) is 1. The summed E-state index contributed by atoms with van der Waals surface area (Å²) in [6, 6.07) is 6.53. The zero-order valence-corrected chi connectivity index (χ0v) is 10.0. The van der Waals surface area contributed by atoms with Gasteiger partial charge in [-0.05, 0) is 12.1 Å². The molecule has 0 unspecified atom stereocenters. The van der Waals surface area contributed by atoms with Crippen molar-refractivity contribution < 1.29 is 17.9 Å². The van der Waals surface area contributed by atoms with Crippen LogP contribution in [0.3, 0.4) is 0 Å². The van der Waals surface area contributed by atoms with E-state index in [1.54, 1.807) is 23.1 Å². The summed E-state index contributed by atoms with van der Waals surface area (Å²) in [4.78, 5) is 13.0. The molecule has 0 saturated carbocycles. The number of rotatable bonds is 2. The summed E-state index contributed by atoms with van der Waals surface area (Å²) >= 11 is 0. The van der Waals surface area contributed by atoms with E-state index in [-0.39, 0.29) is 18.1 Å². The number of esters is 1. The topological polar surface area (TPSA) is 75.7 Å². The number of methoxy groups -OCH3 is 1. The normalized spacial score (nSPS) is 17.4. The summed E-state index contributed by atoms with van der Waals surface area (Å²) in [6.07, 6.45) is 0. The van der Waals surface area contributed by atoms with E-state index in [0.717, 1.165) is 0 Å². The highest BCUT2D eigenvalue weighted by molar-refractivity contribution is 7.89. The van der Waals surface area contributed by atoms with Crippen LogP contribution in [0, 0.1) is 0 Å². The molecule has 1 aliphatic heterocycles. The lowest BCUT2D eigenvalue weighted by Gasteiger charge is -2.30. The second-order valence-corrected chi connectivity index (χ2v) is 5.28. The number of hydrogen-bond donors (Lipinski definition) is 1. The number of sulfonamides is 1. The van der Waals surface area contributed by atoms with Gasteiger partial charge in [0.05, 0.1) is 19.5 Å². The molecular formula is C10H12N2O4S. The number of nitrogens with zero attached hydrogens (tertiary/aromatic N) is 1. The number of carbonyl (C=O) groups is 1. The van der Waals surface area contributed by atoms with Crippen molar-refractivity contribution in [1.29, 1.82) is 0 Å². The molecule has 2 rings (SSSR count). The molecule has 0 aromatic heterocycles. The van der Waals surface area contributed by atoms with Gasteiger partial charge in [0.15, 0.2) is 0 Å². The molecule has 7 heteroatoms. The van der Waals surface area contributed by atoms with Gasteiger partial charge >= 0.3 is 5.97 Å². The largest absolute Gasteiger partial charge is 0.468 e. The van der Waals surface area contributed by atoms with E-state index in [2.05, 4.69) is 9.46 Å². The Morgan fingerprint density at radius 3 is 2.88 bits per heavy atom. The second kappa shape index (κ2) is 4.34. The Bertz CT molecular complexity index is 541. The van der Waals surface area contributed by atoms with Crippen LogP contribution in [0.5, 0.6) is 0 Å². The van der Waals surface area contributed by atoms with Crippen LogP contribution in [0.2, 0.25) is 0 Å². The molecule has 1 heterocycles. The lowest BCUT2D eigenvalue weighted by molar-refractivity contribution is -0.139. The fourth-order valence-electron chi connectivity index (χ4n) is 1.63. The third-order valence-corrected chi connectivity index (χ3v) is 3.92. The van der Waals surface area contributed by atoms with Crippen LogP contribution >= 0.6 is 0 Å². The highest BCUT2D eigenvalue weighted by Crippen LogP contribution is 2.27. The van der Waals surface area contributed by atoms with E-state index in [1.807, 2.05) is 0 Å². The highest BCUT2D eigenvalue weighted by Gasteiger charge is 2.28. The summed E-state index contributed by atoms with van der Waals surface area (Å²) in [7, 11) is -2.17. The Kier molecular flexibility index (Phi) is 3.03. The van der Waals surface area contributed by atoms with Gasteiger partial charge in [-0.25, -0.2) is 8.42 Å². The fraction of sp³-hybridized carbons (Fsp3) is 0.300. The van der Waals surface area contributed by atoms with Gasteiger partial charge in [0.25, 0.3) is 0 Å². The summed E-state index contributed by atoms with van der Waals surface area (Å²) in [6.45, 7) is 0.0739. The van der Waals surface area contributed by atoms with Gasteiger partial charge in [-0.1, -0.05) is 12.1 Å². The summed E-state index contributed by atoms with van der Waals surface area (Å²) in [5, 5.41) is 0. The minimum absolute atomic E-state index is 0.00995. The van der Waals surface area contributed by atoms with E-state index in [1.165, 1.54) is 13.2 Å². The molecule has 0 amide bonds. The van der Waals surface area contributed by atoms with Crippen molar-refractivity contribution >= 4 is 21.7 Å². The van der Waals surface area contributed by atoms with Crippen LogP contribution in [0.4, 0.5) is 5.69 Å². The number of ether oxygens (including phenoxy) is 1. The Morgan fingerprint density at radius 2 is 2.18 bits per heavy atom. The molecule has 0 aliphatic carbocycles. The Labute approximate surface area is 99.2 Å². The van der Waals surface area contributed by atoms with Gasteiger partial charge in [0, 0.05) is 0 Å². The second-order valence-electron chi connectivity index (χ2n) is 3.55. The molecule has 6 nitrogen and oxygen atoms in total. The Hall–Kier alpha value is -1.60. The van der Waals surface area contributed by atoms with Crippen LogP contribution < -0.4 is 9.62 Å². The third-order valence-electron chi connectivity index (χ3n) is 2.49. The Morgan fingerprint density at radius 1 is 1.47 bits per heavy atom. The Balaban J connectivity index is 2.38. The van der Waals surface area contributed by atoms with Crippen LogP contribution in [-0.4, -0.2) is 34.7 Å². The molecule has 0 spiro atoms. The van der Waals surface area contributed by atoms with Gasteiger partial charge < -0.3 is 9.64 Å². The molecule has 92 valence electrons. The zero-order chi connectivity index (χ0) is 12.5. The van der Waals surface area contributed by atoms with Crippen molar-refractivity contribution in [2.24, 2.45) is 0 Å². The molecule has 0 fully saturated rings. The van der Waals surface area contributed by atoms with Crippen molar-refractivity contribution in [2.45, 2.75) is 4.90 Å². The third kappa shape index (κ3) is 2.25. The van der Waals surface area contributed by atoms with Crippen LogP contribution in [0.1, 0.15) is 0 Å². The number of carbonyl (C=O) groups excluding carboxylic acids is 1. The molecule has 0 bridgehead atoms. The zero-order valence-electron chi connectivity index (χ0n) is 9.21. The van der Waals surface area contributed by atoms with Crippen LogP contribution in [0.25, 0.3) is 0 Å². The van der Waals surface area contributed by atoms with Crippen molar-refractivity contribution in [3.63, 3.8) is 0 Å². The minimum Gasteiger partial charge on any atom is -0.468 e. The van der Waals surface area contributed by atoms with Gasteiger partial charge in [0.2, 0.25) is 10.0 Å². The van der Waals surface area contributed by atoms with Gasteiger partial charge in [-0.15, -0.1) is 0 Å². The summed E-state index contributed by atoms with van der Waals surface area (Å²) in [5.41, 5.74) is 0.511. The average molecular weight is 256 g/mol. The van der Waals surface area contributed by atoms with Gasteiger partial charge in [-0.2, -0.15) is 4.72 Å². The van der Waals surface area contributed by atoms with Gasteiger partial charge in [0.1, 0.15) is 11.4 Å². The molecule has 1 N–H and O–H groups in total. The molecule has 17 heavy (non-hydrogen) atoms. The monoisotopic (exact) mass is 256 g/mol. The molecule has 1 aromatic carbocycles. The lowest BCUT2D eigenvalue weighted by Crippen LogP contribution is -2.45. The van der Waals surface area contributed by atoms with E-state index in [0.29, 0.717) is 5.69 Å². The first-order valence-electron chi connectivity index (χ1n) is 4.95. The minimum atomic E-state index is -3.46. The quantitative estimate of drug-likeness (QED) is 0.749. The predicted octanol–water partition coefficient (Wildman–Crippen LogP) is -0.0846. The summed E-state index contributed by atoms with van der Waals surface area (Å²) in [5.74, 6) is -0.416. The number of anilines is 1. The van der Waals surface area contributed by atoms with E-state index < -0.39 is 16.0 Å². The maximum absolute atomic E-state index is 11.7. The SMILES string of the molecule is COC(=O)CN1CNS(=O)(=O)c2ccccc21. The van der Waals surface area contributed by atoms with Gasteiger partial charge in [-0.3, -0.25) is 4.79 Å². The van der Waals surface area contributed by atoms with E-state index in [9.17, 15) is 13.2 Å². The van der Waals surface area contributed by atoms with Crippen LogP contribution in [0.15, 0.2) is 29.2 Å².